The second-order valence-electron chi connectivity index (χ2n) is 6.32. The maximum atomic E-state index is 13.2. The summed E-state index contributed by atoms with van der Waals surface area (Å²) in [6.07, 6.45) is 0. The summed E-state index contributed by atoms with van der Waals surface area (Å²) in [4.78, 5) is 12.3. The monoisotopic (exact) mass is 398 g/mol. The van der Waals surface area contributed by atoms with Crippen LogP contribution in [0.15, 0.2) is 77.7 Å². The van der Waals surface area contributed by atoms with Crippen molar-refractivity contribution in [1.29, 1.82) is 0 Å². The molecular weight excluding hydrogens is 379 g/mol. The van der Waals surface area contributed by atoms with Crippen molar-refractivity contribution in [3.63, 3.8) is 0 Å². The first-order valence-corrected chi connectivity index (χ1v) is 10.0. The third kappa shape index (κ3) is 4.95. The van der Waals surface area contributed by atoms with Crippen LogP contribution in [0.5, 0.6) is 0 Å². The first-order valence-electron chi connectivity index (χ1n) is 8.56. The van der Waals surface area contributed by atoms with Crippen molar-refractivity contribution >= 4 is 21.6 Å². The Morgan fingerprint density at radius 3 is 2.46 bits per heavy atom. The van der Waals surface area contributed by atoms with E-state index in [1.807, 2.05) is 13.0 Å². The summed E-state index contributed by atoms with van der Waals surface area (Å²) in [5, 5.41) is 2.66. The number of halogens is 1. The molecule has 2 N–H and O–H groups in total. The van der Waals surface area contributed by atoms with Crippen molar-refractivity contribution in [3.8, 4) is 0 Å². The molecule has 0 heterocycles. The standard InChI is InChI=1S/C21H19FN2O3S/c1-15-5-2-9-19(11-15)24-28(26,27)20-10-4-7-17(13-20)21(25)23-14-16-6-3-8-18(22)12-16/h2-13,24H,14H2,1H3,(H,23,25). The Bertz CT molecular complexity index is 1110. The lowest BCUT2D eigenvalue weighted by molar-refractivity contribution is 0.0950. The van der Waals surface area contributed by atoms with Crippen LogP contribution in [0.4, 0.5) is 10.1 Å². The minimum Gasteiger partial charge on any atom is -0.348 e. The molecule has 3 aromatic rings. The first kappa shape index (κ1) is 19.6. The van der Waals surface area contributed by atoms with Gasteiger partial charge in [-0.05, 0) is 60.5 Å². The van der Waals surface area contributed by atoms with E-state index in [-0.39, 0.29) is 22.8 Å². The van der Waals surface area contributed by atoms with Gasteiger partial charge in [0.15, 0.2) is 0 Å². The van der Waals surface area contributed by atoms with E-state index in [2.05, 4.69) is 10.0 Å². The smallest absolute Gasteiger partial charge is 0.261 e. The molecule has 0 fully saturated rings. The largest absolute Gasteiger partial charge is 0.348 e. The summed E-state index contributed by atoms with van der Waals surface area (Å²) in [6, 6.07) is 18.6. The van der Waals surface area contributed by atoms with Crippen molar-refractivity contribution in [2.75, 3.05) is 4.72 Å². The van der Waals surface area contributed by atoms with E-state index in [0.717, 1.165) is 5.56 Å². The fourth-order valence-corrected chi connectivity index (χ4v) is 3.75. The number of aryl methyl sites for hydroxylation is 1. The molecule has 0 aromatic heterocycles. The van der Waals surface area contributed by atoms with Crippen molar-refractivity contribution in [2.45, 2.75) is 18.4 Å². The van der Waals surface area contributed by atoms with Crippen LogP contribution >= 0.6 is 0 Å². The molecule has 1 amide bonds. The number of hydrogen-bond acceptors (Lipinski definition) is 3. The van der Waals surface area contributed by atoms with Gasteiger partial charge in [-0.3, -0.25) is 9.52 Å². The van der Waals surface area contributed by atoms with E-state index in [0.29, 0.717) is 11.3 Å². The molecule has 5 nitrogen and oxygen atoms in total. The zero-order valence-electron chi connectivity index (χ0n) is 15.1. The van der Waals surface area contributed by atoms with Crippen LogP contribution in [-0.2, 0) is 16.6 Å². The van der Waals surface area contributed by atoms with E-state index in [4.69, 9.17) is 0 Å². The second kappa shape index (κ2) is 8.22. The second-order valence-corrected chi connectivity index (χ2v) is 8.00. The van der Waals surface area contributed by atoms with Crippen LogP contribution in [0.3, 0.4) is 0 Å². The summed E-state index contributed by atoms with van der Waals surface area (Å²) >= 11 is 0. The SMILES string of the molecule is Cc1cccc(NS(=O)(=O)c2cccc(C(=O)NCc3cccc(F)c3)c2)c1. The van der Waals surface area contributed by atoms with E-state index < -0.39 is 15.9 Å². The van der Waals surface area contributed by atoms with Crippen LogP contribution in [0.25, 0.3) is 0 Å². The lowest BCUT2D eigenvalue weighted by Gasteiger charge is -2.10. The van der Waals surface area contributed by atoms with Crippen molar-refractivity contribution in [2.24, 2.45) is 0 Å². The Morgan fingerprint density at radius 2 is 1.71 bits per heavy atom. The van der Waals surface area contributed by atoms with Gasteiger partial charge in [-0.25, -0.2) is 12.8 Å². The summed E-state index contributed by atoms with van der Waals surface area (Å²) in [6.45, 7) is 2.00. The van der Waals surface area contributed by atoms with Crippen LogP contribution in [-0.4, -0.2) is 14.3 Å². The lowest BCUT2D eigenvalue weighted by Crippen LogP contribution is -2.23. The number of benzene rings is 3. The highest BCUT2D eigenvalue weighted by atomic mass is 32.2. The number of hydrogen-bond donors (Lipinski definition) is 2. The molecule has 0 unspecified atom stereocenters. The average Bonchev–Trinajstić information content (AvgIpc) is 2.66. The van der Waals surface area contributed by atoms with E-state index in [9.17, 15) is 17.6 Å². The average molecular weight is 398 g/mol. The Labute approximate surface area is 163 Å². The van der Waals surface area contributed by atoms with Crippen LogP contribution < -0.4 is 10.0 Å². The fraction of sp³-hybridized carbons (Fsp3) is 0.0952. The van der Waals surface area contributed by atoms with Gasteiger partial charge in [-0.15, -0.1) is 0 Å². The first-order chi connectivity index (χ1) is 13.3. The molecule has 144 valence electrons. The molecule has 0 spiro atoms. The number of rotatable bonds is 6. The van der Waals surface area contributed by atoms with Crippen LogP contribution in [0.2, 0.25) is 0 Å². The molecule has 3 rings (SSSR count). The molecule has 0 aliphatic heterocycles. The van der Waals surface area contributed by atoms with Gasteiger partial charge in [-0.2, -0.15) is 0 Å². The normalized spacial score (nSPS) is 11.1. The van der Waals surface area contributed by atoms with Gasteiger partial charge in [0.2, 0.25) is 0 Å². The van der Waals surface area contributed by atoms with Gasteiger partial charge in [0, 0.05) is 17.8 Å². The van der Waals surface area contributed by atoms with Gasteiger partial charge in [0.1, 0.15) is 5.82 Å². The Kier molecular flexibility index (Phi) is 5.75. The Hall–Kier alpha value is -3.19. The lowest BCUT2D eigenvalue weighted by atomic mass is 10.2. The molecule has 0 aliphatic carbocycles. The zero-order chi connectivity index (χ0) is 20.1. The fourth-order valence-electron chi connectivity index (χ4n) is 2.66. The quantitative estimate of drug-likeness (QED) is 0.662. The number of sulfonamides is 1. The predicted octanol–water partition coefficient (Wildman–Crippen LogP) is 3.86. The highest BCUT2D eigenvalue weighted by Crippen LogP contribution is 2.18. The summed E-state index contributed by atoms with van der Waals surface area (Å²) in [5.74, 6) is -0.834. The molecule has 0 bridgehead atoms. The Balaban J connectivity index is 1.74. The van der Waals surface area contributed by atoms with Crippen LogP contribution in [0, 0.1) is 12.7 Å². The minimum atomic E-state index is -3.84. The van der Waals surface area contributed by atoms with E-state index in [1.54, 1.807) is 30.3 Å². The number of nitrogens with one attached hydrogen (secondary N) is 2. The molecule has 0 radical (unpaired) electrons. The molecule has 7 heteroatoms. The number of carbonyl (C=O) groups excluding carboxylic acids is 1. The summed E-state index contributed by atoms with van der Waals surface area (Å²) in [7, 11) is -3.84. The molecule has 0 saturated heterocycles. The zero-order valence-corrected chi connectivity index (χ0v) is 16.0. The maximum absolute atomic E-state index is 13.2. The third-order valence-electron chi connectivity index (χ3n) is 4.02. The molecule has 0 aliphatic rings. The summed E-state index contributed by atoms with van der Waals surface area (Å²) in [5.41, 5.74) is 2.17. The Morgan fingerprint density at radius 1 is 0.964 bits per heavy atom. The van der Waals surface area contributed by atoms with E-state index >= 15 is 0 Å². The van der Waals surface area contributed by atoms with Gasteiger partial charge in [0.05, 0.1) is 4.90 Å². The highest BCUT2D eigenvalue weighted by molar-refractivity contribution is 7.92. The molecule has 3 aromatic carbocycles. The van der Waals surface area contributed by atoms with Crippen LogP contribution in [0.1, 0.15) is 21.5 Å². The van der Waals surface area contributed by atoms with E-state index in [1.165, 1.54) is 36.4 Å². The van der Waals surface area contributed by atoms with Crippen molar-refractivity contribution in [1.82, 2.24) is 5.32 Å². The van der Waals surface area contributed by atoms with Crippen molar-refractivity contribution in [3.05, 3.63) is 95.3 Å². The number of anilines is 1. The van der Waals surface area contributed by atoms with Gasteiger partial charge >= 0.3 is 0 Å². The molecule has 0 saturated carbocycles. The minimum absolute atomic E-state index is 0.0209. The predicted molar refractivity (Wildman–Crippen MR) is 106 cm³/mol. The highest BCUT2D eigenvalue weighted by Gasteiger charge is 2.16. The maximum Gasteiger partial charge on any atom is 0.261 e. The number of amides is 1. The van der Waals surface area contributed by atoms with Gasteiger partial charge < -0.3 is 5.32 Å². The topological polar surface area (TPSA) is 75.3 Å². The van der Waals surface area contributed by atoms with Crippen molar-refractivity contribution < 1.29 is 17.6 Å². The molecule has 28 heavy (non-hydrogen) atoms. The molecular formula is C21H19FN2O3S. The third-order valence-corrected chi connectivity index (χ3v) is 5.40. The molecule has 0 atom stereocenters. The van der Waals surface area contributed by atoms with Gasteiger partial charge in [0.25, 0.3) is 15.9 Å². The summed E-state index contributed by atoms with van der Waals surface area (Å²) < 4.78 is 41.0. The number of carbonyl (C=O) groups is 1. The van der Waals surface area contributed by atoms with Gasteiger partial charge in [-0.1, -0.05) is 30.3 Å².